The molecule has 0 aromatic heterocycles. The maximum Gasteiger partial charge on any atom is 0.469 e. The summed E-state index contributed by atoms with van der Waals surface area (Å²) in [7, 11) is 0. The molecule has 52 heavy (non-hydrogen) atoms. The Balaban J connectivity index is 0.000000280. The number of hydrogen-bond acceptors (Lipinski definition) is 12. The monoisotopic (exact) mass is 724 g/mol. The lowest BCUT2D eigenvalue weighted by Gasteiger charge is -2.32. The van der Waals surface area contributed by atoms with Gasteiger partial charge in [-0.3, -0.25) is 59.6 Å². The number of hydrogen-bond donors (Lipinski definition) is 4. The lowest BCUT2D eigenvalue weighted by atomic mass is 9.69. The average Bonchev–Trinajstić information content (AvgIpc) is 3.09. The molecule has 2 atom stereocenters. The smallest absolute Gasteiger partial charge is 0.469 e. The Morgan fingerprint density at radius 2 is 0.808 bits per heavy atom. The molecule has 0 fully saturated rings. The molecule has 2 unspecified atom stereocenters. The summed E-state index contributed by atoms with van der Waals surface area (Å²) in [6, 6.07) is 17.0. The minimum absolute atomic E-state index is 0.620. The van der Waals surface area contributed by atoms with E-state index < -0.39 is 90.4 Å². The van der Waals surface area contributed by atoms with E-state index in [1.807, 2.05) is 0 Å². The summed E-state index contributed by atoms with van der Waals surface area (Å²) in [4.78, 5) is 87.2. The molecule has 0 radical (unpaired) electrons. The van der Waals surface area contributed by atoms with Crippen LogP contribution in [0.1, 0.15) is 24.0 Å². The second kappa shape index (κ2) is 15.2. The zero-order chi connectivity index (χ0) is 39.1. The van der Waals surface area contributed by atoms with Crippen molar-refractivity contribution in [3.8, 4) is 0 Å². The fraction of sp³-hybridized carbons (Fsp3) is 0.250. The van der Waals surface area contributed by atoms with Crippen LogP contribution in [0.4, 0.5) is 0 Å². The molecule has 272 valence electrons. The summed E-state index contributed by atoms with van der Waals surface area (Å²) in [6.45, 7) is 0. The van der Waals surface area contributed by atoms with Crippen molar-refractivity contribution in [3.63, 3.8) is 0 Å². The Hall–Kier alpha value is -7.12. The number of nitrogens with zero attached hydrogens (tertiary/aromatic N) is 4. The van der Waals surface area contributed by atoms with Gasteiger partial charge in [-0.2, -0.15) is 0 Å². The Kier molecular flexibility index (Phi) is 11.5. The summed E-state index contributed by atoms with van der Waals surface area (Å²) in [5.41, 5.74) is -10.3. The highest BCUT2D eigenvalue weighted by molar-refractivity contribution is 6.01. The van der Waals surface area contributed by atoms with Crippen LogP contribution in [0.25, 0.3) is 12.2 Å². The molecule has 0 heterocycles. The summed E-state index contributed by atoms with van der Waals surface area (Å²) in [5, 5.41) is 83.3. The van der Waals surface area contributed by atoms with Gasteiger partial charge < -0.3 is 20.4 Å². The molecular formula is C32H28N4O16. The first kappa shape index (κ1) is 39.3. The SMILES string of the molecule is O=C(O)C1(C(=O)O)C=CC(C=Cc2ccccc2)C([N+](=O)[O-])([N+](=O)[O-])C1.O=C(O)C1(C(=O)O)C=CC(C=Cc2ccccc2)C([N+](=O)[O-])([N+](=O)[O-])C1. The number of aliphatic carboxylic acids is 4. The predicted octanol–water partition coefficient (Wildman–Crippen LogP) is 3.36. The molecule has 0 aliphatic heterocycles. The minimum Gasteiger partial charge on any atom is -0.480 e. The third kappa shape index (κ3) is 7.11. The van der Waals surface area contributed by atoms with Gasteiger partial charge in [-0.1, -0.05) is 109 Å². The molecule has 20 heteroatoms. The quantitative estimate of drug-likeness (QED) is 0.0801. The Morgan fingerprint density at radius 1 is 0.538 bits per heavy atom. The largest absolute Gasteiger partial charge is 0.480 e. The molecule has 0 spiro atoms. The van der Waals surface area contributed by atoms with E-state index in [-0.39, 0.29) is 0 Å². The van der Waals surface area contributed by atoms with Crippen LogP contribution in [0, 0.1) is 63.1 Å². The van der Waals surface area contributed by atoms with Gasteiger partial charge in [0, 0.05) is 0 Å². The highest BCUT2D eigenvalue weighted by Gasteiger charge is 2.71. The van der Waals surface area contributed by atoms with Gasteiger partial charge in [0.15, 0.2) is 10.8 Å². The number of benzene rings is 2. The zero-order valence-electron chi connectivity index (χ0n) is 26.4. The number of nitro groups is 4. The molecule has 0 saturated carbocycles. The normalized spacial score (nSPS) is 20.5. The van der Waals surface area contributed by atoms with Crippen LogP contribution < -0.4 is 0 Å². The second-order valence-electron chi connectivity index (χ2n) is 11.6. The maximum atomic E-state index is 11.6. The molecule has 0 bridgehead atoms. The molecular weight excluding hydrogens is 696 g/mol. The summed E-state index contributed by atoms with van der Waals surface area (Å²) >= 11 is 0. The second-order valence-corrected chi connectivity index (χ2v) is 11.6. The number of carboxylic acid groups (broad SMARTS) is 4. The van der Waals surface area contributed by atoms with Crippen LogP contribution in [0.3, 0.4) is 0 Å². The summed E-state index contributed by atoms with van der Waals surface area (Å²) in [5.74, 6) is -10.5. The number of carboxylic acids is 4. The Morgan fingerprint density at radius 3 is 1.04 bits per heavy atom. The lowest BCUT2D eigenvalue weighted by molar-refractivity contribution is -0.805. The fourth-order valence-electron chi connectivity index (χ4n) is 5.66. The van der Waals surface area contributed by atoms with Crippen LogP contribution >= 0.6 is 0 Å². The highest BCUT2D eigenvalue weighted by Crippen LogP contribution is 2.45. The summed E-state index contributed by atoms with van der Waals surface area (Å²) in [6.07, 6.45) is 5.95. The van der Waals surface area contributed by atoms with Crippen molar-refractivity contribution in [3.05, 3.63) is 149 Å². The molecule has 0 amide bonds. The van der Waals surface area contributed by atoms with Crippen molar-refractivity contribution >= 4 is 36.0 Å². The van der Waals surface area contributed by atoms with Crippen LogP contribution in [0.2, 0.25) is 0 Å². The first-order chi connectivity index (χ1) is 24.3. The standard InChI is InChI=1S/2C16H14N2O8/c2*19-13(20)15(14(21)22)9-8-12(7-6-11-4-2-1-3-5-11)16(10-15,17(23)24)18(25)26/h2*1-9,12H,10H2,(H,19,20)(H,21,22). The van der Waals surface area contributed by atoms with E-state index in [4.69, 9.17) is 0 Å². The molecule has 4 rings (SSSR count). The third-order valence-electron chi connectivity index (χ3n) is 8.70. The molecule has 2 aliphatic carbocycles. The van der Waals surface area contributed by atoms with Crippen molar-refractivity contribution in [2.24, 2.45) is 22.7 Å². The van der Waals surface area contributed by atoms with E-state index in [0.717, 1.165) is 24.3 Å². The van der Waals surface area contributed by atoms with E-state index in [0.29, 0.717) is 11.1 Å². The number of carbonyl (C=O) groups is 4. The molecule has 2 aromatic rings. The van der Waals surface area contributed by atoms with Crippen LogP contribution in [-0.2, 0) is 19.2 Å². The maximum absolute atomic E-state index is 11.6. The van der Waals surface area contributed by atoms with Crippen molar-refractivity contribution in [2.75, 3.05) is 0 Å². The summed E-state index contributed by atoms with van der Waals surface area (Å²) < 4.78 is 0. The van der Waals surface area contributed by atoms with Crippen molar-refractivity contribution < 1.29 is 59.3 Å². The molecule has 0 saturated heterocycles. The van der Waals surface area contributed by atoms with Gasteiger partial charge in [0.2, 0.25) is 0 Å². The van der Waals surface area contributed by atoms with Gasteiger partial charge in [0.25, 0.3) is 0 Å². The van der Waals surface area contributed by atoms with Gasteiger partial charge in [-0.15, -0.1) is 0 Å². The first-order valence-electron chi connectivity index (χ1n) is 14.7. The van der Waals surface area contributed by atoms with Gasteiger partial charge >= 0.3 is 35.2 Å². The molecule has 2 aromatic carbocycles. The molecule has 2 aliphatic rings. The third-order valence-corrected chi connectivity index (χ3v) is 8.70. The predicted molar refractivity (Wildman–Crippen MR) is 174 cm³/mol. The first-order valence-corrected chi connectivity index (χ1v) is 14.7. The fourth-order valence-corrected chi connectivity index (χ4v) is 5.66. The van der Waals surface area contributed by atoms with Gasteiger partial charge in [-0.25, -0.2) is 0 Å². The van der Waals surface area contributed by atoms with Crippen LogP contribution in [0.15, 0.2) is 97.1 Å². The zero-order valence-corrected chi connectivity index (χ0v) is 26.4. The van der Waals surface area contributed by atoms with E-state index in [1.54, 1.807) is 60.7 Å². The lowest BCUT2D eigenvalue weighted by Crippen LogP contribution is -2.59. The van der Waals surface area contributed by atoms with Crippen molar-refractivity contribution in [1.82, 2.24) is 0 Å². The van der Waals surface area contributed by atoms with E-state index >= 15 is 0 Å². The highest BCUT2D eigenvalue weighted by atomic mass is 16.7. The minimum atomic E-state index is -3.02. The van der Waals surface area contributed by atoms with Gasteiger partial charge in [0.05, 0.1) is 19.7 Å². The Bertz CT molecular complexity index is 1710. The average molecular weight is 725 g/mol. The van der Waals surface area contributed by atoms with Crippen LogP contribution in [0.5, 0.6) is 0 Å². The van der Waals surface area contributed by atoms with E-state index in [9.17, 15) is 80.1 Å². The van der Waals surface area contributed by atoms with Gasteiger partial charge in [0.1, 0.15) is 24.7 Å². The van der Waals surface area contributed by atoms with E-state index in [2.05, 4.69) is 0 Å². The van der Waals surface area contributed by atoms with Gasteiger partial charge in [-0.05, 0) is 11.1 Å². The topological polar surface area (TPSA) is 322 Å². The van der Waals surface area contributed by atoms with Crippen molar-refractivity contribution in [1.29, 1.82) is 0 Å². The number of rotatable bonds is 12. The Labute approximate surface area is 290 Å². The molecule has 4 N–H and O–H groups in total. The van der Waals surface area contributed by atoms with Crippen LogP contribution in [-0.4, -0.2) is 75.3 Å². The van der Waals surface area contributed by atoms with Crippen molar-refractivity contribution in [2.45, 2.75) is 24.2 Å². The molecule has 20 nitrogen and oxygen atoms in total. The van der Waals surface area contributed by atoms with E-state index in [1.165, 1.54) is 24.3 Å².